The molecule has 302 valence electrons. The highest BCUT2D eigenvalue weighted by molar-refractivity contribution is 8.00. The number of benzene rings is 6. The van der Waals surface area contributed by atoms with Crippen molar-refractivity contribution >= 4 is 57.9 Å². The van der Waals surface area contributed by atoms with Gasteiger partial charge in [0.15, 0.2) is 0 Å². The van der Waals surface area contributed by atoms with E-state index in [2.05, 4.69) is 203 Å². The van der Waals surface area contributed by atoms with Crippen LogP contribution in [-0.4, -0.2) is 9.97 Å². The number of pyridine rings is 2. The molecule has 0 unspecified atom stereocenters. The first-order chi connectivity index (χ1) is 30.2. The van der Waals surface area contributed by atoms with Crippen molar-refractivity contribution in [1.29, 1.82) is 0 Å². The van der Waals surface area contributed by atoms with E-state index in [4.69, 9.17) is 9.97 Å². The van der Waals surface area contributed by atoms with Gasteiger partial charge in [0.25, 0.3) is 0 Å². The maximum Gasteiger partial charge on any atom is 0.142 e. The van der Waals surface area contributed by atoms with Gasteiger partial charge in [-0.25, -0.2) is 9.97 Å². The predicted molar refractivity (Wildman–Crippen MR) is 257 cm³/mol. The topological polar surface area (TPSA) is 32.3 Å². The van der Waals surface area contributed by atoms with E-state index in [9.17, 15) is 0 Å². The van der Waals surface area contributed by atoms with E-state index < -0.39 is 5.41 Å². The number of fused-ring (bicyclic) bond motifs is 8. The number of anilines is 6. The molecule has 2 aromatic heterocycles. The van der Waals surface area contributed by atoms with Gasteiger partial charge < -0.3 is 0 Å². The standard InChI is InChI=1S/C56H46N4S2/c1-33(2)35-25-26-47-45(30-35)59-51-42(21-14-23-48(51)61-47)56(38-16-9-7-10-17-38,39-18-11-8-12-19-39)44-29-37(32-58-54(44)59)40-28-36(34(3)4)31-46-52(40)62-49-24-13-20-41-50(49)60(46)53-43(55(41,5)6)22-15-27-57-53/h7-34H,1-6H3. The van der Waals surface area contributed by atoms with E-state index in [1.807, 2.05) is 29.7 Å². The third kappa shape index (κ3) is 5.17. The maximum atomic E-state index is 5.71. The molecule has 0 radical (unpaired) electrons. The third-order valence-corrected chi connectivity index (χ3v) is 16.0. The molecule has 0 saturated carbocycles. The Labute approximate surface area is 373 Å². The SMILES string of the molecule is CC(C)c1ccc2c(c1)N1c3ncc(-c4cc(C(C)C)cc5c4Sc4cccc6c4N5c4ncccc4C6(C)C)cc3C(c3ccccc3)(c3ccccc3)c3cccc(c31)S2. The number of rotatable bonds is 5. The molecule has 0 atom stereocenters. The van der Waals surface area contributed by atoms with E-state index >= 15 is 0 Å². The molecule has 0 fully saturated rings. The van der Waals surface area contributed by atoms with Crippen molar-refractivity contribution < 1.29 is 0 Å². The van der Waals surface area contributed by atoms with Gasteiger partial charge >= 0.3 is 0 Å². The van der Waals surface area contributed by atoms with Gasteiger partial charge in [0.05, 0.1) is 28.2 Å². The zero-order chi connectivity index (χ0) is 42.1. The van der Waals surface area contributed by atoms with Crippen LogP contribution in [-0.2, 0) is 10.8 Å². The molecule has 12 rings (SSSR count). The number of aromatic nitrogens is 2. The lowest BCUT2D eigenvalue weighted by Gasteiger charge is -2.48. The van der Waals surface area contributed by atoms with E-state index in [1.54, 1.807) is 0 Å². The van der Waals surface area contributed by atoms with E-state index in [-0.39, 0.29) is 5.41 Å². The lowest BCUT2D eigenvalue weighted by atomic mass is 9.62. The van der Waals surface area contributed by atoms with Crippen LogP contribution in [0.2, 0.25) is 0 Å². The first kappa shape index (κ1) is 37.7. The molecular weight excluding hydrogens is 793 g/mol. The second kappa shape index (κ2) is 13.7. The van der Waals surface area contributed by atoms with Crippen LogP contribution >= 0.6 is 23.5 Å². The average molecular weight is 839 g/mol. The van der Waals surface area contributed by atoms with Gasteiger partial charge in [-0.1, -0.05) is 162 Å². The third-order valence-electron chi connectivity index (χ3n) is 13.7. The Kier molecular flexibility index (Phi) is 8.33. The minimum absolute atomic E-state index is 0.194. The monoisotopic (exact) mass is 838 g/mol. The molecule has 4 aliphatic rings. The summed E-state index contributed by atoms with van der Waals surface area (Å²) in [6.45, 7) is 13.9. The number of hydrogen-bond donors (Lipinski definition) is 0. The molecule has 6 heterocycles. The maximum absolute atomic E-state index is 5.71. The summed E-state index contributed by atoms with van der Waals surface area (Å²) < 4.78 is 0. The van der Waals surface area contributed by atoms with Gasteiger partial charge in [-0.15, -0.1) is 0 Å². The fourth-order valence-corrected chi connectivity index (χ4v) is 12.9. The molecule has 0 N–H and O–H groups in total. The summed E-state index contributed by atoms with van der Waals surface area (Å²) >= 11 is 3.76. The Morgan fingerprint density at radius 1 is 0.500 bits per heavy atom. The summed E-state index contributed by atoms with van der Waals surface area (Å²) in [4.78, 5) is 20.8. The van der Waals surface area contributed by atoms with Gasteiger partial charge in [0.2, 0.25) is 0 Å². The van der Waals surface area contributed by atoms with Crippen molar-refractivity contribution in [1.82, 2.24) is 9.97 Å². The Hall–Kier alpha value is -6.08. The summed E-state index contributed by atoms with van der Waals surface area (Å²) in [5.74, 6) is 2.67. The van der Waals surface area contributed by atoms with E-state index in [0.717, 1.165) is 17.2 Å². The molecule has 62 heavy (non-hydrogen) atoms. The highest BCUT2D eigenvalue weighted by Gasteiger charge is 2.50. The smallest absolute Gasteiger partial charge is 0.142 e. The van der Waals surface area contributed by atoms with Crippen molar-refractivity contribution in [3.05, 3.63) is 202 Å². The zero-order valence-corrected chi connectivity index (χ0v) is 37.4. The van der Waals surface area contributed by atoms with Crippen LogP contribution in [0.15, 0.2) is 178 Å². The number of para-hydroxylation sites is 2. The molecule has 0 saturated heterocycles. The summed E-state index contributed by atoms with van der Waals surface area (Å²) in [5, 5.41) is 0. The highest BCUT2D eigenvalue weighted by atomic mass is 32.2. The number of nitrogens with zero attached hydrogens (tertiary/aromatic N) is 4. The Bertz CT molecular complexity index is 3100. The Morgan fingerprint density at radius 3 is 1.82 bits per heavy atom. The van der Waals surface area contributed by atoms with Gasteiger partial charge in [-0.05, 0) is 99.3 Å². The van der Waals surface area contributed by atoms with Crippen LogP contribution in [0.25, 0.3) is 11.1 Å². The molecule has 6 aromatic carbocycles. The lowest BCUT2D eigenvalue weighted by Crippen LogP contribution is -2.39. The van der Waals surface area contributed by atoms with Crippen molar-refractivity contribution in [2.45, 2.75) is 83.8 Å². The molecule has 4 nitrogen and oxygen atoms in total. The Morgan fingerprint density at radius 2 is 1.11 bits per heavy atom. The quantitative estimate of drug-likeness (QED) is 0.172. The van der Waals surface area contributed by atoms with Crippen molar-refractivity contribution in [2.24, 2.45) is 0 Å². The molecule has 0 aliphatic carbocycles. The average Bonchev–Trinajstić information content (AvgIpc) is 3.30. The van der Waals surface area contributed by atoms with Gasteiger partial charge in [-0.2, -0.15) is 0 Å². The molecule has 8 aromatic rings. The summed E-state index contributed by atoms with van der Waals surface area (Å²) in [6, 6.07) is 54.7. The molecule has 6 heteroatoms. The molecular formula is C56H46N4S2. The molecule has 0 amide bonds. The van der Waals surface area contributed by atoms with Gasteiger partial charge in [0, 0.05) is 54.1 Å². The van der Waals surface area contributed by atoms with Crippen LogP contribution in [0.4, 0.5) is 34.4 Å². The second-order valence-corrected chi connectivity index (χ2v) is 20.3. The fourth-order valence-electron chi connectivity index (χ4n) is 10.6. The number of hydrogen-bond acceptors (Lipinski definition) is 6. The second-order valence-electron chi connectivity index (χ2n) is 18.2. The molecule has 4 aliphatic heterocycles. The predicted octanol–water partition coefficient (Wildman–Crippen LogP) is 15.6. The van der Waals surface area contributed by atoms with Crippen molar-refractivity contribution in [3.63, 3.8) is 0 Å². The minimum atomic E-state index is -0.665. The highest BCUT2D eigenvalue weighted by Crippen LogP contribution is 2.65. The summed E-state index contributed by atoms with van der Waals surface area (Å²) in [7, 11) is 0. The lowest BCUT2D eigenvalue weighted by molar-refractivity contribution is 0.624. The minimum Gasteiger partial charge on any atom is -0.292 e. The van der Waals surface area contributed by atoms with Crippen molar-refractivity contribution in [3.8, 4) is 11.1 Å². The zero-order valence-electron chi connectivity index (χ0n) is 35.8. The van der Waals surface area contributed by atoms with Crippen LogP contribution in [0.5, 0.6) is 0 Å². The Balaban J connectivity index is 1.18. The molecule has 0 spiro atoms. The van der Waals surface area contributed by atoms with Crippen LogP contribution in [0.1, 0.15) is 97.9 Å². The van der Waals surface area contributed by atoms with E-state index in [0.29, 0.717) is 11.8 Å². The fraction of sp³-hybridized carbons (Fsp3) is 0.179. The largest absolute Gasteiger partial charge is 0.292 e. The van der Waals surface area contributed by atoms with Gasteiger partial charge in [0.1, 0.15) is 11.6 Å². The van der Waals surface area contributed by atoms with E-state index in [1.165, 1.54) is 92.4 Å². The normalized spacial score (nSPS) is 15.6. The molecule has 0 bridgehead atoms. The first-order valence-corrected chi connectivity index (χ1v) is 23.4. The summed E-state index contributed by atoms with van der Waals surface area (Å²) in [5.41, 5.74) is 16.3. The van der Waals surface area contributed by atoms with Crippen LogP contribution in [0, 0.1) is 0 Å². The van der Waals surface area contributed by atoms with Crippen LogP contribution < -0.4 is 9.80 Å². The van der Waals surface area contributed by atoms with Crippen molar-refractivity contribution in [2.75, 3.05) is 9.80 Å². The first-order valence-electron chi connectivity index (χ1n) is 21.8. The van der Waals surface area contributed by atoms with Gasteiger partial charge in [-0.3, -0.25) is 9.80 Å². The summed E-state index contributed by atoms with van der Waals surface area (Å²) in [6.07, 6.45) is 4.10. The van der Waals surface area contributed by atoms with Crippen LogP contribution in [0.3, 0.4) is 0 Å².